The van der Waals surface area contributed by atoms with Crippen LogP contribution in [-0.2, 0) is 0 Å². The molecule has 1 aromatic carbocycles. The zero-order valence-corrected chi connectivity index (χ0v) is 8.50. The summed E-state index contributed by atoms with van der Waals surface area (Å²) < 4.78 is 6.97. The number of imidazole rings is 1. The molecule has 0 N–H and O–H groups in total. The fourth-order valence-electron chi connectivity index (χ4n) is 1.24. The van der Waals surface area contributed by atoms with Crippen LogP contribution >= 0.6 is 0 Å². The van der Waals surface area contributed by atoms with Gasteiger partial charge in [-0.3, -0.25) is 0 Å². The molecule has 1 heterocycles. The van der Waals surface area contributed by atoms with Crippen molar-refractivity contribution in [1.82, 2.24) is 9.55 Å². The standard InChI is InChI=1S/C12H12N2O/c1-15-12-4-2-11(3-5-12)6-8-14-9-7-13-10-14/h2-10H,1H3/b8-6+. The van der Waals surface area contributed by atoms with Gasteiger partial charge in [-0.05, 0) is 23.8 Å². The highest BCUT2D eigenvalue weighted by Crippen LogP contribution is 2.12. The lowest BCUT2D eigenvalue weighted by Crippen LogP contribution is -1.82. The normalized spacial score (nSPS) is 10.7. The van der Waals surface area contributed by atoms with Gasteiger partial charge in [-0.2, -0.15) is 0 Å². The number of ether oxygens (including phenoxy) is 1. The number of aromatic nitrogens is 2. The number of rotatable bonds is 3. The molecule has 2 aromatic rings. The summed E-state index contributed by atoms with van der Waals surface area (Å²) in [5, 5.41) is 0. The molecule has 15 heavy (non-hydrogen) atoms. The summed E-state index contributed by atoms with van der Waals surface area (Å²) in [5.41, 5.74) is 1.13. The molecule has 0 unspecified atom stereocenters. The molecule has 0 aliphatic heterocycles. The van der Waals surface area contributed by atoms with Crippen LogP contribution in [0.25, 0.3) is 12.3 Å². The maximum absolute atomic E-state index is 5.08. The Balaban J connectivity index is 2.11. The molecule has 0 atom stereocenters. The van der Waals surface area contributed by atoms with Crippen molar-refractivity contribution in [2.24, 2.45) is 0 Å². The Bertz CT molecular complexity index is 429. The predicted octanol–water partition coefficient (Wildman–Crippen LogP) is 2.52. The molecule has 1 aromatic heterocycles. The molecule has 3 nitrogen and oxygen atoms in total. The van der Waals surface area contributed by atoms with Crippen LogP contribution < -0.4 is 4.74 Å². The summed E-state index contributed by atoms with van der Waals surface area (Å²) in [6.45, 7) is 0. The Morgan fingerprint density at radius 3 is 2.67 bits per heavy atom. The van der Waals surface area contributed by atoms with Gasteiger partial charge < -0.3 is 9.30 Å². The number of hydrogen-bond donors (Lipinski definition) is 0. The fourth-order valence-corrected chi connectivity index (χ4v) is 1.24. The Morgan fingerprint density at radius 2 is 2.07 bits per heavy atom. The summed E-state index contributed by atoms with van der Waals surface area (Å²) in [5.74, 6) is 0.870. The zero-order valence-electron chi connectivity index (χ0n) is 8.50. The van der Waals surface area contributed by atoms with Crippen LogP contribution in [0.15, 0.2) is 43.0 Å². The van der Waals surface area contributed by atoms with E-state index in [9.17, 15) is 0 Å². The summed E-state index contributed by atoms with van der Waals surface area (Å²) in [6, 6.07) is 7.89. The van der Waals surface area contributed by atoms with Crippen molar-refractivity contribution in [2.45, 2.75) is 0 Å². The van der Waals surface area contributed by atoms with Crippen molar-refractivity contribution in [3.05, 3.63) is 48.5 Å². The van der Waals surface area contributed by atoms with E-state index in [0.717, 1.165) is 11.3 Å². The molecule has 0 saturated carbocycles. The zero-order chi connectivity index (χ0) is 10.5. The van der Waals surface area contributed by atoms with E-state index in [1.165, 1.54) is 0 Å². The molecule has 0 amide bonds. The predicted molar refractivity (Wildman–Crippen MR) is 60.4 cm³/mol. The van der Waals surface area contributed by atoms with Crippen LogP contribution in [0.2, 0.25) is 0 Å². The van der Waals surface area contributed by atoms with E-state index in [0.29, 0.717) is 0 Å². The highest BCUT2D eigenvalue weighted by Gasteiger charge is 1.89. The van der Waals surface area contributed by atoms with Crippen molar-refractivity contribution in [3.8, 4) is 5.75 Å². The average molecular weight is 200 g/mol. The van der Waals surface area contributed by atoms with Gasteiger partial charge in [0.25, 0.3) is 0 Å². The first-order valence-electron chi connectivity index (χ1n) is 4.68. The fraction of sp³-hybridized carbons (Fsp3) is 0.0833. The summed E-state index contributed by atoms with van der Waals surface area (Å²) in [4.78, 5) is 3.95. The molecule has 0 spiro atoms. The minimum absolute atomic E-state index is 0.870. The van der Waals surface area contributed by atoms with Gasteiger partial charge >= 0.3 is 0 Å². The van der Waals surface area contributed by atoms with E-state index in [2.05, 4.69) is 4.98 Å². The second-order valence-corrected chi connectivity index (χ2v) is 3.10. The maximum Gasteiger partial charge on any atom is 0.118 e. The first kappa shape index (κ1) is 9.52. The Labute approximate surface area is 88.6 Å². The smallest absolute Gasteiger partial charge is 0.118 e. The van der Waals surface area contributed by atoms with Crippen molar-refractivity contribution < 1.29 is 4.74 Å². The van der Waals surface area contributed by atoms with Crippen LogP contribution in [-0.4, -0.2) is 16.7 Å². The topological polar surface area (TPSA) is 27.1 Å². The van der Waals surface area contributed by atoms with E-state index < -0.39 is 0 Å². The monoisotopic (exact) mass is 200 g/mol. The molecule has 0 fully saturated rings. The van der Waals surface area contributed by atoms with Crippen molar-refractivity contribution >= 4 is 12.3 Å². The molecule has 0 radical (unpaired) electrons. The molecule has 2 rings (SSSR count). The molecule has 0 aliphatic carbocycles. The lowest BCUT2D eigenvalue weighted by Gasteiger charge is -1.99. The molecule has 0 saturated heterocycles. The Hall–Kier alpha value is -2.03. The number of methoxy groups -OCH3 is 1. The number of benzene rings is 1. The van der Waals surface area contributed by atoms with Gasteiger partial charge in [0.05, 0.1) is 13.4 Å². The Morgan fingerprint density at radius 1 is 1.27 bits per heavy atom. The first-order valence-corrected chi connectivity index (χ1v) is 4.68. The van der Waals surface area contributed by atoms with Crippen molar-refractivity contribution in [2.75, 3.05) is 7.11 Å². The second-order valence-electron chi connectivity index (χ2n) is 3.10. The quantitative estimate of drug-likeness (QED) is 0.761. The summed E-state index contributed by atoms with van der Waals surface area (Å²) >= 11 is 0. The largest absolute Gasteiger partial charge is 0.497 e. The van der Waals surface area contributed by atoms with E-state index in [1.807, 2.05) is 47.3 Å². The third kappa shape index (κ3) is 2.47. The van der Waals surface area contributed by atoms with Gasteiger partial charge in [0.2, 0.25) is 0 Å². The van der Waals surface area contributed by atoms with E-state index in [1.54, 1.807) is 19.6 Å². The van der Waals surface area contributed by atoms with E-state index in [4.69, 9.17) is 4.74 Å². The lowest BCUT2D eigenvalue weighted by atomic mass is 10.2. The third-order valence-electron chi connectivity index (χ3n) is 2.08. The summed E-state index contributed by atoms with van der Waals surface area (Å²) in [7, 11) is 1.66. The molecular weight excluding hydrogens is 188 g/mol. The number of nitrogens with zero attached hydrogens (tertiary/aromatic N) is 2. The lowest BCUT2D eigenvalue weighted by molar-refractivity contribution is 0.415. The average Bonchev–Trinajstić information content (AvgIpc) is 2.80. The van der Waals surface area contributed by atoms with Gasteiger partial charge in [-0.15, -0.1) is 0 Å². The molecule has 0 aliphatic rings. The molecule has 3 heteroatoms. The van der Waals surface area contributed by atoms with Crippen LogP contribution in [0.3, 0.4) is 0 Å². The first-order chi connectivity index (χ1) is 7.38. The Kier molecular flexibility index (Phi) is 2.83. The van der Waals surface area contributed by atoms with Gasteiger partial charge in [-0.1, -0.05) is 12.1 Å². The van der Waals surface area contributed by atoms with Gasteiger partial charge in [0.15, 0.2) is 0 Å². The van der Waals surface area contributed by atoms with Crippen molar-refractivity contribution in [1.29, 1.82) is 0 Å². The van der Waals surface area contributed by atoms with Gasteiger partial charge in [0, 0.05) is 18.6 Å². The highest BCUT2D eigenvalue weighted by atomic mass is 16.5. The minimum atomic E-state index is 0.870. The molecule has 0 bridgehead atoms. The van der Waals surface area contributed by atoms with E-state index >= 15 is 0 Å². The minimum Gasteiger partial charge on any atom is -0.497 e. The third-order valence-corrected chi connectivity index (χ3v) is 2.08. The SMILES string of the molecule is COc1ccc(/C=C/n2ccnc2)cc1. The second kappa shape index (κ2) is 4.46. The number of hydrogen-bond acceptors (Lipinski definition) is 2. The summed E-state index contributed by atoms with van der Waals surface area (Å²) in [6.07, 6.45) is 9.36. The highest BCUT2D eigenvalue weighted by molar-refractivity contribution is 5.60. The molecular formula is C12H12N2O. The van der Waals surface area contributed by atoms with Crippen LogP contribution in [0, 0.1) is 0 Å². The van der Waals surface area contributed by atoms with Crippen molar-refractivity contribution in [3.63, 3.8) is 0 Å². The molecule has 76 valence electrons. The van der Waals surface area contributed by atoms with E-state index in [-0.39, 0.29) is 0 Å². The van der Waals surface area contributed by atoms with Gasteiger partial charge in [0.1, 0.15) is 5.75 Å². The van der Waals surface area contributed by atoms with Crippen LogP contribution in [0.4, 0.5) is 0 Å². The van der Waals surface area contributed by atoms with Crippen LogP contribution in [0.5, 0.6) is 5.75 Å². The maximum atomic E-state index is 5.08. The van der Waals surface area contributed by atoms with Gasteiger partial charge in [-0.25, -0.2) is 4.98 Å². The van der Waals surface area contributed by atoms with Crippen LogP contribution in [0.1, 0.15) is 5.56 Å².